The lowest BCUT2D eigenvalue weighted by atomic mass is 10.2. The quantitative estimate of drug-likeness (QED) is 0.600. The number of aryl methyl sites for hydroxylation is 3. The number of nitrogens with zero attached hydrogens (tertiary/aromatic N) is 3. The van der Waals surface area contributed by atoms with Gasteiger partial charge in [-0.1, -0.05) is 35.1 Å². The van der Waals surface area contributed by atoms with Crippen molar-refractivity contribution in [2.75, 3.05) is 13.7 Å². The van der Waals surface area contributed by atoms with Crippen LogP contribution in [0.25, 0.3) is 10.2 Å². The molecule has 1 saturated heterocycles. The number of ether oxygens (including phenoxy) is 1. The molecular weight excluding hydrogens is 434 g/mol. The average molecular weight is 460 g/mol. The van der Waals surface area contributed by atoms with Crippen LogP contribution in [0.3, 0.4) is 0 Å². The van der Waals surface area contributed by atoms with Crippen molar-refractivity contribution in [2.24, 2.45) is 12.0 Å². The molecule has 7 nitrogen and oxygen atoms in total. The highest BCUT2D eigenvalue weighted by Gasteiger charge is 2.39. The second kappa shape index (κ2) is 8.22. The number of methoxy groups -OCH3 is 1. The minimum absolute atomic E-state index is 0.200. The molecule has 2 aromatic carbocycles. The van der Waals surface area contributed by atoms with Crippen molar-refractivity contribution in [2.45, 2.75) is 37.6 Å². The number of hydrogen-bond acceptors (Lipinski definition) is 5. The molecule has 1 aliphatic heterocycles. The van der Waals surface area contributed by atoms with Crippen LogP contribution in [0.5, 0.6) is 5.75 Å². The zero-order valence-corrected chi connectivity index (χ0v) is 19.6. The summed E-state index contributed by atoms with van der Waals surface area (Å²) in [6, 6.07) is 9.76. The van der Waals surface area contributed by atoms with E-state index in [1.54, 1.807) is 31.4 Å². The van der Waals surface area contributed by atoms with Crippen LogP contribution in [0.1, 0.15) is 24.0 Å². The molecule has 4 rings (SSSR count). The standard InChI is InChI=1S/C22H25N3O4S2/c1-14-7-10-16(11-8-14)31(27,28)25-13-5-6-17(25)21(26)23-22-24(3)19-18(29-4)12-9-15(2)20(19)30-22/h7-12,17H,5-6,13H2,1-4H3. The number of hydrogen-bond donors (Lipinski definition) is 0. The van der Waals surface area contributed by atoms with Gasteiger partial charge in [-0.2, -0.15) is 9.30 Å². The third kappa shape index (κ3) is 3.81. The molecule has 0 radical (unpaired) electrons. The summed E-state index contributed by atoms with van der Waals surface area (Å²) < 4.78 is 35.9. The molecule has 1 atom stereocenters. The number of carbonyl (C=O) groups is 1. The van der Waals surface area contributed by atoms with E-state index in [4.69, 9.17) is 4.74 Å². The first-order valence-electron chi connectivity index (χ1n) is 10.0. The van der Waals surface area contributed by atoms with Gasteiger partial charge in [-0.15, -0.1) is 0 Å². The maximum atomic E-state index is 13.2. The molecular formula is C22H25N3O4S2. The Morgan fingerprint density at radius 3 is 2.55 bits per heavy atom. The van der Waals surface area contributed by atoms with Gasteiger partial charge < -0.3 is 9.30 Å². The van der Waals surface area contributed by atoms with Gasteiger partial charge in [0, 0.05) is 13.6 Å². The maximum Gasteiger partial charge on any atom is 0.266 e. The molecule has 1 amide bonds. The smallest absolute Gasteiger partial charge is 0.266 e. The summed E-state index contributed by atoms with van der Waals surface area (Å²) in [4.78, 5) is 18.2. The predicted octanol–water partition coefficient (Wildman–Crippen LogP) is 3.15. The zero-order chi connectivity index (χ0) is 22.3. The fourth-order valence-corrected chi connectivity index (χ4v) is 6.67. The van der Waals surface area contributed by atoms with Crippen LogP contribution in [-0.4, -0.2) is 42.9 Å². The van der Waals surface area contributed by atoms with Gasteiger partial charge in [-0.05, 0) is 50.5 Å². The molecule has 0 N–H and O–H groups in total. The molecule has 2 heterocycles. The summed E-state index contributed by atoms with van der Waals surface area (Å²) in [6.07, 6.45) is 1.09. The Morgan fingerprint density at radius 1 is 1.16 bits per heavy atom. The number of amides is 1. The van der Waals surface area contributed by atoms with Gasteiger partial charge in [-0.3, -0.25) is 4.79 Å². The van der Waals surface area contributed by atoms with Gasteiger partial charge in [0.2, 0.25) is 10.0 Å². The second-order valence-corrected chi connectivity index (χ2v) is 10.6. The van der Waals surface area contributed by atoms with Crippen LogP contribution < -0.4 is 9.54 Å². The first-order chi connectivity index (χ1) is 14.7. The number of thiazole rings is 1. The lowest BCUT2D eigenvalue weighted by molar-refractivity contribution is -0.121. The molecule has 0 aliphatic carbocycles. The second-order valence-electron chi connectivity index (χ2n) is 7.74. The van der Waals surface area contributed by atoms with Crippen LogP contribution in [0.4, 0.5) is 0 Å². The van der Waals surface area contributed by atoms with E-state index in [0.29, 0.717) is 29.9 Å². The van der Waals surface area contributed by atoms with Crippen molar-refractivity contribution in [3.8, 4) is 5.75 Å². The minimum Gasteiger partial charge on any atom is -0.495 e. The number of benzene rings is 2. The number of sulfonamides is 1. The summed E-state index contributed by atoms with van der Waals surface area (Å²) in [5, 5.41) is 0. The van der Waals surface area contributed by atoms with Crippen LogP contribution in [0.2, 0.25) is 0 Å². The third-order valence-corrected chi connectivity index (χ3v) is 8.84. The van der Waals surface area contributed by atoms with Gasteiger partial charge in [0.1, 0.15) is 17.3 Å². The molecule has 1 unspecified atom stereocenters. The van der Waals surface area contributed by atoms with E-state index in [1.165, 1.54) is 15.6 Å². The molecule has 0 bridgehead atoms. The zero-order valence-electron chi connectivity index (χ0n) is 18.0. The predicted molar refractivity (Wildman–Crippen MR) is 121 cm³/mol. The van der Waals surface area contributed by atoms with Crippen molar-refractivity contribution in [3.63, 3.8) is 0 Å². The largest absolute Gasteiger partial charge is 0.495 e. The summed E-state index contributed by atoms with van der Waals surface area (Å²) in [5.74, 6) is 0.268. The Kier molecular flexibility index (Phi) is 5.76. The summed E-state index contributed by atoms with van der Waals surface area (Å²) in [5.41, 5.74) is 2.91. The highest BCUT2D eigenvalue weighted by Crippen LogP contribution is 2.30. The molecule has 9 heteroatoms. The molecule has 3 aromatic rings. The average Bonchev–Trinajstić information content (AvgIpc) is 3.36. The fraction of sp³-hybridized carbons (Fsp3) is 0.364. The van der Waals surface area contributed by atoms with Crippen molar-refractivity contribution in [1.29, 1.82) is 0 Å². The monoisotopic (exact) mass is 459 g/mol. The van der Waals surface area contributed by atoms with Crippen molar-refractivity contribution in [3.05, 3.63) is 52.3 Å². The number of fused-ring (bicyclic) bond motifs is 1. The first-order valence-corrected chi connectivity index (χ1v) is 12.3. The number of rotatable bonds is 4. The topological polar surface area (TPSA) is 81.0 Å². The van der Waals surface area contributed by atoms with E-state index in [2.05, 4.69) is 4.99 Å². The molecule has 164 valence electrons. The van der Waals surface area contributed by atoms with Crippen molar-refractivity contribution in [1.82, 2.24) is 8.87 Å². The summed E-state index contributed by atoms with van der Waals surface area (Å²) >= 11 is 1.40. The molecule has 1 fully saturated rings. The number of carbonyl (C=O) groups excluding carboxylic acids is 1. The van der Waals surface area contributed by atoms with E-state index in [1.807, 2.05) is 37.6 Å². The lowest BCUT2D eigenvalue weighted by Gasteiger charge is -2.21. The SMILES string of the molecule is COc1ccc(C)c2sc(=NC(=O)C3CCCN3S(=O)(=O)c3ccc(C)cc3)n(C)c12. The maximum absolute atomic E-state index is 13.2. The molecule has 1 aliphatic rings. The highest BCUT2D eigenvalue weighted by molar-refractivity contribution is 7.89. The first kappa shape index (κ1) is 21.7. The van der Waals surface area contributed by atoms with Gasteiger partial charge >= 0.3 is 0 Å². The Bertz CT molecular complexity index is 1320. The van der Waals surface area contributed by atoms with Gasteiger partial charge in [-0.25, -0.2) is 8.42 Å². The van der Waals surface area contributed by atoms with Gasteiger partial charge in [0.15, 0.2) is 4.80 Å². The van der Waals surface area contributed by atoms with Gasteiger partial charge in [0.05, 0.1) is 16.7 Å². The van der Waals surface area contributed by atoms with E-state index < -0.39 is 22.0 Å². The van der Waals surface area contributed by atoms with Crippen LogP contribution >= 0.6 is 11.3 Å². The third-order valence-electron chi connectivity index (χ3n) is 5.65. The van der Waals surface area contributed by atoms with E-state index in [-0.39, 0.29) is 4.90 Å². The number of aromatic nitrogens is 1. The van der Waals surface area contributed by atoms with Crippen molar-refractivity contribution >= 4 is 37.5 Å². The molecule has 1 aromatic heterocycles. The summed E-state index contributed by atoms with van der Waals surface area (Å²) in [6.45, 7) is 4.21. The Balaban J connectivity index is 1.73. The van der Waals surface area contributed by atoms with E-state index in [0.717, 1.165) is 21.3 Å². The van der Waals surface area contributed by atoms with Gasteiger partial charge in [0.25, 0.3) is 5.91 Å². The Morgan fingerprint density at radius 2 is 1.87 bits per heavy atom. The molecule has 0 spiro atoms. The Hall–Kier alpha value is -2.49. The highest BCUT2D eigenvalue weighted by atomic mass is 32.2. The van der Waals surface area contributed by atoms with Crippen molar-refractivity contribution < 1.29 is 17.9 Å². The normalized spacial score (nSPS) is 18.1. The van der Waals surface area contributed by atoms with Crippen LogP contribution in [0.15, 0.2) is 46.3 Å². The van der Waals surface area contributed by atoms with Crippen LogP contribution in [0, 0.1) is 13.8 Å². The Labute approximate surface area is 185 Å². The molecule has 0 saturated carbocycles. The lowest BCUT2D eigenvalue weighted by Crippen LogP contribution is -2.40. The van der Waals surface area contributed by atoms with E-state index in [9.17, 15) is 13.2 Å². The minimum atomic E-state index is -3.76. The van der Waals surface area contributed by atoms with Crippen LogP contribution in [-0.2, 0) is 21.9 Å². The molecule has 31 heavy (non-hydrogen) atoms. The van der Waals surface area contributed by atoms with E-state index >= 15 is 0 Å². The fourth-order valence-electron chi connectivity index (χ4n) is 3.91. The summed E-state index contributed by atoms with van der Waals surface area (Å²) in [7, 11) is -0.322.